The number of rotatable bonds is 4. The van der Waals surface area contributed by atoms with Crippen LogP contribution in [0.5, 0.6) is 0 Å². The molecule has 7 nitrogen and oxygen atoms in total. The molecule has 2 fully saturated rings. The summed E-state index contributed by atoms with van der Waals surface area (Å²) in [4.78, 5) is 13.4. The lowest BCUT2D eigenvalue weighted by Gasteiger charge is -2.39. The highest BCUT2D eigenvalue weighted by molar-refractivity contribution is 7.89. The van der Waals surface area contributed by atoms with Gasteiger partial charge in [0.1, 0.15) is 0 Å². The van der Waals surface area contributed by atoms with Crippen LogP contribution in [-0.2, 0) is 14.8 Å². The summed E-state index contributed by atoms with van der Waals surface area (Å²) in [6.07, 6.45) is -6.94. The van der Waals surface area contributed by atoms with Crippen LogP contribution in [0.15, 0.2) is 35.2 Å². The van der Waals surface area contributed by atoms with Gasteiger partial charge >= 0.3 is 12.3 Å². The SMILES string of the molecule is O=C(O[C@H](CO)C(F)(F)F)N1CCC2(CC1)CCN(S(=O)(=O)c1ccccc1)C2. The third-order valence-electron chi connectivity index (χ3n) is 5.64. The van der Waals surface area contributed by atoms with Crippen LogP contribution in [0.1, 0.15) is 19.3 Å². The van der Waals surface area contributed by atoms with Gasteiger partial charge in [-0.3, -0.25) is 0 Å². The first-order valence-corrected chi connectivity index (χ1v) is 10.7. The molecule has 2 aliphatic rings. The number of halogens is 3. The largest absolute Gasteiger partial charge is 0.434 e. The number of amides is 1. The van der Waals surface area contributed by atoms with E-state index >= 15 is 0 Å². The Balaban J connectivity index is 1.59. The van der Waals surface area contributed by atoms with Gasteiger partial charge in [-0.25, -0.2) is 13.2 Å². The maximum atomic E-state index is 12.8. The van der Waals surface area contributed by atoms with Gasteiger partial charge in [0, 0.05) is 26.2 Å². The van der Waals surface area contributed by atoms with Crippen LogP contribution in [0, 0.1) is 5.41 Å². The van der Waals surface area contributed by atoms with Gasteiger partial charge in [0.05, 0.1) is 11.5 Å². The highest BCUT2D eigenvalue weighted by atomic mass is 32.2. The summed E-state index contributed by atoms with van der Waals surface area (Å²) in [5.74, 6) is 0. The Bertz CT molecular complexity index is 824. The fraction of sp³-hybridized carbons (Fsp3) is 0.611. The van der Waals surface area contributed by atoms with Crippen molar-refractivity contribution >= 4 is 16.1 Å². The number of piperidine rings is 1. The Labute approximate surface area is 167 Å². The second kappa shape index (κ2) is 8.11. The standard InChI is InChI=1S/C18H23F3N2O5S/c19-18(20,21)15(12-24)28-16(25)22-9-6-17(7-10-22)8-11-23(13-17)29(26,27)14-4-2-1-3-5-14/h1-5,15,24H,6-13H2/t15-/m1/s1. The maximum absolute atomic E-state index is 12.8. The monoisotopic (exact) mass is 436 g/mol. The molecular formula is C18H23F3N2O5S. The van der Waals surface area contributed by atoms with Crippen LogP contribution in [0.25, 0.3) is 0 Å². The fourth-order valence-corrected chi connectivity index (χ4v) is 5.39. The molecule has 2 heterocycles. The summed E-state index contributed by atoms with van der Waals surface area (Å²) >= 11 is 0. The van der Waals surface area contributed by atoms with Gasteiger partial charge in [0.2, 0.25) is 16.1 Å². The maximum Gasteiger partial charge on any atom is 0.427 e. The quantitative estimate of drug-likeness (QED) is 0.782. The Morgan fingerprint density at radius 2 is 1.72 bits per heavy atom. The van der Waals surface area contributed by atoms with E-state index in [1.165, 1.54) is 21.3 Å². The van der Waals surface area contributed by atoms with Crippen molar-refractivity contribution in [3.63, 3.8) is 0 Å². The third-order valence-corrected chi connectivity index (χ3v) is 7.50. The summed E-state index contributed by atoms with van der Waals surface area (Å²) in [7, 11) is -3.60. The first kappa shape index (κ1) is 21.8. The van der Waals surface area contributed by atoms with E-state index in [1.54, 1.807) is 18.2 Å². The molecular weight excluding hydrogens is 413 g/mol. The summed E-state index contributed by atoms with van der Waals surface area (Å²) in [5.41, 5.74) is -0.307. The Morgan fingerprint density at radius 1 is 1.14 bits per heavy atom. The second-order valence-electron chi connectivity index (χ2n) is 7.49. The molecule has 0 bridgehead atoms. The zero-order valence-electron chi connectivity index (χ0n) is 15.6. The van der Waals surface area contributed by atoms with E-state index in [4.69, 9.17) is 5.11 Å². The van der Waals surface area contributed by atoms with Crippen LogP contribution < -0.4 is 0 Å². The minimum atomic E-state index is -4.83. The van der Waals surface area contributed by atoms with Crippen molar-refractivity contribution in [2.24, 2.45) is 5.41 Å². The molecule has 0 saturated carbocycles. The third kappa shape index (κ3) is 4.67. The predicted molar refractivity (Wildman–Crippen MR) is 96.5 cm³/mol. The van der Waals surface area contributed by atoms with Crippen LogP contribution in [-0.4, -0.2) is 73.9 Å². The fourth-order valence-electron chi connectivity index (χ4n) is 3.82. The minimum absolute atomic E-state index is 0.175. The van der Waals surface area contributed by atoms with Crippen molar-refractivity contribution in [1.82, 2.24) is 9.21 Å². The number of aliphatic hydroxyl groups excluding tert-OH is 1. The van der Waals surface area contributed by atoms with E-state index in [0.29, 0.717) is 32.4 Å². The first-order chi connectivity index (χ1) is 13.6. The molecule has 0 aliphatic carbocycles. The van der Waals surface area contributed by atoms with E-state index < -0.39 is 35.0 Å². The Hall–Kier alpha value is -1.85. The number of aliphatic hydroxyl groups is 1. The molecule has 0 radical (unpaired) electrons. The summed E-state index contributed by atoms with van der Waals surface area (Å²) in [6, 6.07) is 8.13. The van der Waals surface area contributed by atoms with Gasteiger partial charge in [0.25, 0.3) is 0 Å². The number of carbonyl (C=O) groups is 1. The van der Waals surface area contributed by atoms with Crippen molar-refractivity contribution < 1.29 is 36.2 Å². The smallest absolute Gasteiger partial charge is 0.427 e. The van der Waals surface area contributed by atoms with Crippen LogP contribution in [0.4, 0.5) is 18.0 Å². The van der Waals surface area contributed by atoms with Crippen molar-refractivity contribution in [2.75, 3.05) is 32.8 Å². The van der Waals surface area contributed by atoms with Crippen LogP contribution >= 0.6 is 0 Å². The average Bonchev–Trinajstić information content (AvgIpc) is 3.10. The summed E-state index contributed by atoms with van der Waals surface area (Å²) in [6.45, 7) is -0.307. The van der Waals surface area contributed by atoms with Gasteiger partial charge in [0.15, 0.2) is 0 Å². The Morgan fingerprint density at radius 3 is 2.28 bits per heavy atom. The molecule has 2 saturated heterocycles. The molecule has 0 aromatic heterocycles. The number of hydrogen-bond donors (Lipinski definition) is 1. The van der Waals surface area contributed by atoms with E-state index in [1.807, 2.05) is 0 Å². The highest BCUT2D eigenvalue weighted by Crippen LogP contribution is 2.42. The lowest BCUT2D eigenvalue weighted by Crippen LogP contribution is -2.47. The van der Waals surface area contributed by atoms with Gasteiger partial charge in [-0.15, -0.1) is 0 Å². The lowest BCUT2D eigenvalue weighted by atomic mass is 9.78. The molecule has 3 rings (SSSR count). The first-order valence-electron chi connectivity index (χ1n) is 9.26. The van der Waals surface area contributed by atoms with E-state index in [0.717, 1.165) is 0 Å². The number of hydrogen-bond acceptors (Lipinski definition) is 5. The molecule has 1 atom stereocenters. The van der Waals surface area contributed by atoms with E-state index in [-0.39, 0.29) is 23.4 Å². The van der Waals surface area contributed by atoms with Crippen molar-refractivity contribution in [3.05, 3.63) is 30.3 Å². The molecule has 0 unspecified atom stereocenters. The summed E-state index contributed by atoms with van der Waals surface area (Å²) < 4.78 is 69.4. The topological polar surface area (TPSA) is 87.2 Å². The average molecular weight is 436 g/mol. The van der Waals surface area contributed by atoms with Crippen molar-refractivity contribution in [3.8, 4) is 0 Å². The van der Waals surface area contributed by atoms with Crippen molar-refractivity contribution in [1.29, 1.82) is 0 Å². The molecule has 1 aromatic carbocycles. The molecule has 11 heteroatoms. The van der Waals surface area contributed by atoms with E-state index in [2.05, 4.69) is 4.74 Å². The molecule has 2 aliphatic heterocycles. The minimum Gasteiger partial charge on any atom is -0.434 e. The molecule has 29 heavy (non-hydrogen) atoms. The Kier molecular flexibility index (Phi) is 6.11. The normalized spacial score (nSPS) is 21.3. The van der Waals surface area contributed by atoms with Gasteiger partial charge < -0.3 is 14.7 Å². The number of ether oxygens (including phenoxy) is 1. The van der Waals surface area contributed by atoms with Crippen LogP contribution in [0.2, 0.25) is 0 Å². The summed E-state index contributed by atoms with van der Waals surface area (Å²) in [5, 5.41) is 8.80. The number of sulfonamides is 1. The number of nitrogens with zero attached hydrogens (tertiary/aromatic N) is 2. The van der Waals surface area contributed by atoms with E-state index in [9.17, 15) is 26.4 Å². The highest BCUT2D eigenvalue weighted by Gasteiger charge is 2.47. The lowest BCUT2D eigenvalue weighted by molar-refractivity contribution is -0.215. The zero-order valence-corrected chi connectivity index (χ0v) is 16.5. The number of benzene rings is 1. The number of alkyl halides is 3. The molecule has 1 spiro atoms. The molecule has 1 amide bonds. The molecule has 1 aromatic rings. The van der Waals surface area contributed by atoms with Gasteiger partial charge in [-0.1, -0.05) is 18.2 Å². The number of carbonyl (C=O) groups excluding carboxylic acids is 1. The molecule has 162 valence electrons. The molecule has 1 N–H and O–H groups in total. The number of likely N-dealkylation sites (tertiary alicyclic amines) is 1. The van der Waals surface area contributed by atoms with Gasteiger partial charge in [-0.2, -0.15) is 17.5 Å². The second-order valence-corrected chi connectivity index (χ2v) is 9.42. The zero-order chi connectivity index (χ0) is 21.3. The van der Waals surface area contributed by atoms with Crippen LogP contribution in [0.3, 0.4) is 0 Å². The van der Waals surface area contributed by atoms with Crippen molar-refractivity contribution in [2.45, 2.75) is 36.4 Å². The predicted octanol–water partition coefficient (Wildman–Crippen LogP) is 2.22. The van der Waals surface area contributed by atoms with Gasteiger partial charge in [-0.05, 0) is 36.8 Å².